The number of nitrogens with zero attached hydrogens (tertiary/aromatic N) is 4. The second kappa shape index (κ2) is 11.3. The molecule has 9 heteroatoms. The molecule has 0 spiro atoms. The quantitative estimate of drug-likeness (QED) is 0.282. The number of anilines is 1. The Morgan fingerprint density at radius 3 is 2.61 bits per heavy atom. The van der Waals surface area contributed by atoms with E-state index in [9.17, 15) is 14.0 Å². The van der Waals surface area contributed by atoms with Crippen molar-refractivity contribution in [3.05, 3.63) is 119 Å². The van der Waals surface area contributed by atoms with Gasteiger partial charge in [0.05, 0.1) is 17.3 Å². The van der Waals surface area contributed by atoms with Crippen LogP contribution in [0, 0.1) is 5.82 Å². The molecule has 6 rings (SSSR count). The molecule has 0 unspecified atom stereocenters. The second-order valence-corrected chi connectivity index (χ2v) is 10.3. The molecule has 3 heterocycles. The van der Waals surface area contributed by atoms with Crippen LogP contribution in [0.15, 0.2) is 91.3 Å². The molecular weight excluding hydrogens is 521 g/mol. The number of benzene rings is 3. The highest BCUT2D eigenvalue weighted by molar-refractivity contribution is 6.04. The van der Waals surface area contributed by atoms with E-state index in [1.807, 2.05) is 65.2 Å². The van der Waals surface area contributed by atoms with Gasteiger partial charge in [-0.3, -0.25) is 9.48 Å². The number of esters is 1. The number of aryl methyl sites for hydroxylation is 3. The number of rotatable bonds is 8. The number of carbonyl (C=O) groups excluding carboxylic acids is 2. The summed E-state index contributed by atoms with van der Waals surface area (Å²) in [7, 11) is 1.88. The zero-order chi connectivity index (χ0) is 28.3. The number of halogens is 1. The first-order chi connectivity index (χ1) is 20.0. The molecule has 0 aliphatic carbocycles. The average molecular weight is 552 g/mol. The third-order valence-corrected chi connectivity index (χ3v) is 7.40. The van der Waals surface area contributed by atoms with Crippen LogP contribution < -0.4 is 10.2 Å². The van der Waals surface area contributed by atoms with Crippen LogP contribution in [0.4, 0.5) is 10.1 Å². The Hall–Kier alpha value is -4.92. The van der Waals surface area contributed by atoms with Crippen molar-refractivity contribution >= 4 is 28.5 Å². The summed E-state index contributed by atoms with van der Waals surface area (Å²) in [5.74, 6) is -1.15. The Morgan fingerprint density at radius 1 is 1.02 bits per heavy atom. The summed E-state index contributed by atoms with van der Waals surface area (Å²) >= 11 is 0. The Kier molecular flexibility index (Phi) is 7.24. The number of para-hydroxylation sites is 1. The van der Waals surface area contributed by atoms with Gasteiger partial charge < -0.3 is 19.5 Å². The highest BCUT2D eigenvalue weighted by atomic mass is 19.1. The molecule has 3 aromatic carbocycles. The molecule has 1 amide bonds. The second-order valence-electron chi connectivity index (χ2n) is 10.3. The van der Waals surface area contributed by atoms with Crippen molar-refractivity contribution in [3.63, 3.8) is 0 Å². The smallest absolute Gasteiger partial charge is 0.340 e. The van der Waals surface area contributed by atoms with Crippen LogP contribution in [0.5, 0.6) is 0 Å². The third kappa shape index (κ3) is 5.56. The number of hydrogen-bond donors (Lipinski definition) is 1. The highest BCUT2D eigenvalue weighted by Crippen LogP contribution is 2.26. The van der Waals surface area contributed by atoms with Crippen molar-refractivity contribution in [2.45, 2.75) is 25.6 Å². The Bertz CT molecular complexity index is 1710. The van der Waals surface area contributed by atoms with Gasteiger partial charge in [-0.15, -0.1) is 0 Å². The molecule has 2 aromatic heterocycles. The lowest BCUT2D eigenvalue weighted by Gasteiger charge is -2.26. The fourth-order valence-corrected chi connectivity index (χ4v) is 5.31. The number of nitrogens with one attached hydrogen (secondary N) is 1. The fourth-order valence-electron chi connectivity index (χ4n) is 5.31. The molecule has 0 bridgehead atoms. The molecule has 1 N–H and O–H groups in total. The van der Waals surface area contributed by atoms with E-state index in [2.05, 4.69) is 22.5 Å². The van der Waals surface area contributed by atoms with Gasteiger partial charge in [-0.1, -0.05) is 66.7 Å². The van der Waals surface area contributed by atoms with Gasteiger partial charge in [0.15, 0.2) is 5.69 Å². The summed E-state index contributed by atoms with van der Waals surface area (Å²) in [5.41, 5.74) is 3.92. The lowest BCUT2D eigenvalue weighted by molar-refractivity contribution is 0.0462. The minimum absolute atomic E-state index is 0.0418. The van der Waals surface area contributed by atoms with Crippen molar-refractivity contribution in [1.82, 2.24) is 19.7 Å². The van der Waals surface area contributed by atoms with Crippen LogP contribution in [-0.4, -0.2) is 45.4 Å². The van der Waals surface area contributed by atoms with Crippen LogP contribution in [0.2, 0.25) is 0 Å². The Labute approximate surface area is 237 Å². The third-order valence-electron chi connectivity index (χ3n) is 7.40. The molecular formula is C32H30FN5O3. The summed E-state index contributed by atoms with van der Waals surface area (Å²) < 4.78 is 24.0. The van der Waals surface area contributed by atoms with E-state index >= 15 is 0 Å². The fraction of sp³-hybridized carbons (Fsp3) is 0.219. The Balaban J connectivity index is 1.22. The number of fused-ring (bicyclic) bond motifs is 2. The minimum Gasteiger partial charge on any atom is -0.460 e. The van der Waals surface area contributed by atoms with Crippen LogP contribution in [0.25, 0.3) is 10.9 Å². The molecule has 5 aromatic rings. The summed E-state index contributed by atoms with van der Waals surface area (Å²) in [6.45, 7) is 1.08. The van der Waals surface area contributed by atoms with Gasteiger partial charge in [-0.2, -0.15) is 5.10 Å². The highest BCUT2D eigenvalue weighted by Gasteiger charge is 2.31. The molecule has 0 fully saturated rings. The molecule has 1 aliphatic heterocycles. The first-order valence-electron chi connectivity index (χ1n) is 13.6. The van der Waals surface area contributed by atoms with E-state index in [-0.39, 0.29) is 30.6 Å². The number of hydrogen-bond acceptors (Lipinski definition) is 5. The lowest BCUT2D eigenvalue weighted by Crippen LogP contribution is -2.44. The molecule has 1 aliphatic rings. The van der Waals surface area contributed by atoms with Gasteiger partial charge >= 0.3 is 5.97 Å². The van der Waals surface area contributed by atoms with Gasteiger partial charge in [0.2, 0.25) is 0 Å². The summed E-state index contributed by atoms with van der Waals surface area (Å²) in [4.78, 5) is 28.3. The zero-order valence-corrected chi connectivity index (χ0v) is 22.7. The first-order valence-corrected chi connectivity index (χ1v) is 13.6. The number of carbonyl (C=O) groups is 2. The minimum atomic E-state index is -0.528. The molecule has 0 saturated heterocycles. The average Bonchev–Trinajstić information content (AvgIpc) is 3.54. The monoisotopic (exact) mass is 551 g/mol. The normalized spacial score (nSPS) is 14.9. The van der Waals surface area contributed by atoms with Gasteiger partial charge in [0.25, 0.3) is 5.91 Å². The maximum absolute atomic E-state index is 14.7. The summed E-state index contributed by atoms with van der Waals surface area (Å²) in [5, 5.41) is 8.36. The molecule has 0 radical (unpaired) electrons. The van der Waals surface area contributed by atoms with Gasteiger partial charge in [-0.05, 0) is 24.1 Å². The standard InChI is InChI=1S/C32H30FN5O3/c1-36-19-26(25-12-6-8-14-28(25)36)32(40)41-21-24-18-37(17-23-11-5-7-13-27(23)33)29-20-38(35-30(29)31(39)34-24)16-15-22-9-3-2-4-10-22/h2-14,19-20,24H,15-18,21H2,1H3,(H,34,39)/t24-/m1/s1. The molecule has 208 valence electrons. The van der Waals surface area contributed by atoms with Crippen LogP contribution in [-0.2, 0) is 31.3 Å². The van der Waals surface area contributed by atoms with Crippen LogP contribution >= 0.6 is 0 Å². The van der Waals surface area contributed by atoms with E-state index in [1.54, 1.807) is 29.1 Å². The summed E-state index contributed by atoms with van der Waals surface area (Å²) in [6.07, 6.45) is 4.34. The maximum atomic E-state index is 14.7. The van der Waals surface area contributed by atoms with Crippen molar-refractivity contribution in [1.29, 1.82) is 0 Å². The number of ether oxygens (including phenoxy) is 1. The van der Waals surface area contributed by atoms with Crippen molar-refractivity contribution in [2.24, 2.45) is 7.05 Å². The van der Waals surface area contributed by atoms with Crippen molar-refractivity contribution in [3.8, 4) is 0 Å². The topological polar surface area (TPSA) is 81.4 Å². The van der Waals surface area contributed by atoms with E-state index in [4.69, 9.17) is 4.74 Å². The molecule has 41 heavy (non-hydrogen) atoms. The zero-order valence-electron chi connectivity index (χ0n) is 22.7. The molecule has 1 atom stereocenters. The van der Waals surface area contributed by atoms with E-state index in [1.165, 1.54) is 11.6 Å². The SMILES string of the molecule is Cn1cc(C(=O)OC[C@H]2CN(Cc3ccccc3F)c3cn(CCc4ccccc4)nc3C(=O)N2)c2ccccc21. The van der Waals surface area contributed by atoms with Gasteiger partial charge in [0.1, 0.15) is 12.4 Å². The molecule has 0 saturated carbocycles. The predicted molar refractivity (Wildman–Crippen MR) is 154 cm³/mol. The maximum Gasteiger partial charge on any atom is 0.340 e. The van der Waals surface area contributed by atoms with E-state index in [0.29, 0.717) is 29.9 Å². The van der Waals surface area contributed by atoms with E-state index < -0.39 is 12.0 Å². The Morgan fingerprint density at radius 2 is 1.78 bits per heavy atom. The molecule has 8 nitrogen and oxygen atoms in total. The largest absolute Gasteiger partial charge is 0.460 e. The van der Waals surface area contributed by atoms with E-state index in [0.717, 1.165) is 17.3 Å². The predicted octanol–water partition coefficient (Wildman–Crippen LogP) is 4.73. The first kappa shape index (κ1) is 26.3. The van der Waals surface area contributed by atoms with Crippen LogP contribution in [0.3, 0.4) is 0 Å². The van der Waals surface area contributed by atoms with Gasteiger partial charge in [0, 0.05) is 55.5 Å². The van der Waals surface area contributed by atoms with Crippen molar-refractivity contribution < 1.29 is 18.7 Å². The summed E-state index contributed by atoms with van der Waals surface area (Å²) in [6, 6.07) is 23.7. The number of aromatic nitrogens is 3. The lowest BCUT2D eigenvalue weighted by atomic mass is 10.1. The van der Waals surface area contributed by atoms with Gasteiger partial charge in [-0.25, -0.2) is 9.18 Å². The van der Waals surface area contributed by atoms with Crippen LogP contribution in [0.1, 0.15) is 32.0 Å². The van der Waals surface area contributed by atoms with Crippen molar-refractivity contribution in [2.75, 3.05) is 18.1 Å². The number of amides is 1.